The molecule has 2 saturated heterocycles. The highest BCUT2D eigenvalue weighted by Gasteiger charge is 2.35. The van der Waals surface area contributed by atoms with E-state index in [2.05, 4.69) is 37.9 Å². The molecule has 0 aromatic rings. The Morgan fingerprint density at radius 3 is 1.88 bits per heavy atom. The highest BCUT2D eigenvalue weighted by molar-refractivity contribution is 4.90. The van der Waals surface area contributed by atoms with Gasteiger partial charge in [-0.15, -0.1) is 0 Å². The monoisotopic (exact) mass is 224 g/mol. The second-order valence-electron chi connectivity index (χ2n) is 6.50. The molecule has 2 aliphatic heterocycles. The molecule has 0 aliphatic carbocycles. The third-order valence-corrected chi connectivity index (χ3v) is 4.42. The fourth-order valence-electron chi connectivity index (χ4n) is 4.02. The van der Waals surface area contributed by atoms with Gasteiger partial charge in [-0.05, 0) is 43.2 Å². The molecule has 0 radical (unpaired) electrons. The summed E-state index contributed by atoms with van der Waals surface area (Å²) in [6.07, 6.45) is 1.42. The lowest BCUT2D eigenvalue weighted by Crippen LogP contribution is -2.56. The highest BCUT2D eigenvalue weighted by atomic mass is 15.2. The molecule has 2 fully saturated rings. The Kier molecular flexibility index (Phi) is 3.91. The zero-order valence-electron chi connectivity index (χ0n) is 11.4. The van der Waals surface area contributed by atoms with E-state index in [1.807, 2.05) is 0 Å². The van der Waals surface area contributed by atoms with E-state index in [1.165, 1.54) is 32.6 Å². The van der Waals surface area contributed by atoms with E-state index in [9.17, 15) is 0 Å². The molecule has 0 amide bonds. The molecule has 0 bridgehead atoms. The van der Waals surface area contributed by atoms with E-state index >= 15 is 0 Å². The number of hydrogen-bond acceptors (Lipinski definition) is 2. The Balaban J connectivity index is 2.03. The van der Waals surface area contributed by atoms with E-state index < -0.39 is 0 Å². The first-order chi connectivity index (χ1) is 7.58. The Morgan fingerprint density at radius 2 is 1.38 bits per heavy atom. The minimum absolute atomic E-state index is 0.807. The molecular weight excluding hydrogens is 196 g/mol. The zero-order valence-corrected chi connectivity index (χ0v) is 11.4. The van der Waals surface area contributed by atoms with Gasteiger partial charge in [0.2, 0.25) is 0 Å². The Morgan fingerprint density at radius 1 is 0.875 bits per heavy atom. The van der Waals surface area contributed by atoms with Gasteiger partial charge in [-0.1, -0.05) is 27.7 Å². The molecule has 0 aromatic heterocycles. The van der Waals surface area contributed by atoms with Crippen LogP contribution in [-0.2, 0) is 0 Å². The van der Waals surface area contributed by atoms with Gasteiger partial charge in [0.25, 0.3) is 0 Å². The molecule has 4 unspecified atom stereocenters. The lowest BCUT2D eigenvalue weighted by molar-refractivity contribution is 0.0271. The first-order valence-electron chi connectivity index (χ1n) is 7.02. The van der Waals surface area contributed by atoms with Crippen LogP contribution in [0.4, 0.5) is 0 Å². The number of nitrogens with one attached hydrogen (secondary N) is 1. The van der Waals surface area contributed by atoms with Crippen LogP contribution in [0.15, 0.2) is 0 Å². The third kappa shape index (κ3) is 2.60. The molecule has 94 valence electrons. The van der Waals surface area contributed by atoms with Crippen LogP contribution in [0, 0.1) is 23.7 Å². The molecule has 2 aliphatic rings. The lowest BCUT2D eigenvalue weighted by atomic mass is 9.82. The van der Waals surface area contributed by atoms with Crippen molar-refractivity contribution >= 4 is 0 Å². The summed E-state index contributed by atoms with van der Waals surface area (Å²) in [5.74, 6) is 3.39. The standard InChI is InChI=1S/C14H28N2/c1-10-5-11(2)9-16(8-10)14-12(3)6-15-7-13(14)4/h10-15H,5-9H2,1-4H3. The van der Waals surface area contributed by atoms with Gasteiger partial charge in [-0.2, -0.15) is 0 Å². The van der Waals surface area contributed by atoms with Gasteiger partial charge < -0.3 is 5.32 Å². The molecule has 2 nitrogen and oxygen atoms in total. The molecule has 2 rings (SSSR count). The summed E-state index contributed by atoms with van der Waals surface area (Å²) in [7, 11) is 0. The van der Waals surface area contributed by atoms with Crippen molar-refractivity contribution in [2.24, 2.45) is 23.7 Å². The fourth-order valence-corrected chi connectivity index (χ4v) is 4.02. The summed E-state index contributed by atoms with van der Waals surface area (Å²) in [5, 5.41) is 3.55. The van der Waals surface area contributed by atoms with Crippen molar-refractivity contribution in [2.45, 2.75) is 40.2 Å². The molecular formula is C14H28N2. The zero-order chi connectivity index (χ0) is 11.7. The van der Waals surface area contributed by atoms with E-state index in [4.69, 9.17) is 0 Å². The highest BCUT2D eigenvalue weighted by Crippen LogP contribution is 2.29. The second-order valence-corrected chi connectivity index (χ2v) is 6.50. The Hall–Kier alpha value is -0.0800. The molecule has 4 atom stereocenters. The number of hydrogen-bond donors (Lipinski definition) is 1. The van der Waals surface area contributed by atoms with Gasteiger partial charge in [0, 0.05) is 19.1 Å². The predicted molar refractivity (Wildman–Crippen MR) is 69.5 cm³/mol. The summed E-state index contributed by atoms with van der Waals surface area (Å²) in [6.45, 7) is 14.7. The van der Waals surface area contributed by atoms with Crippen molar-refractivity contribution in [1.29, 1.82) is 0 Å². The second kappa shape index (κ2) is 5.05. The summed E-state index contributed by atoms with van der Waals surface area (Å²) in [5.41, 5.74) is 0. The maximum atomic E-state index is 3.55. The molecule has 0 spiro atoms. The molecule has 2 heterocycles. The Labute approximate surface area is 101 Å². The van der Waals surface area contributed by atoms with Crippen molar-refractivity contribution < 1.29 is 0 Å². The Bertz CT molecular complexity index is 209. The predicted octanol–water partition coefficient (Wildman–Crippen LogP) is 2.21. The van der Waals surface area contributed by atoms with Crippen LogP contribution in [0.25, 0.3) is 0 Å². The van der Waals surface area contributed by atoms with Crippen molar-refractivity contribution in [3.63, 3.8) is 0 Å². The van der Waals surface area contributed by atoms with Gasteiger partial charge in [-0.25, -0.2) is 0 Å². The van der Waals surface area contributed by atoms with Crippen LogP contribution >= 0.6 is 0 Å². The van der Waals surface area contributed by atoms with Gasteiger partial charge in [0.1, 0.15) is 0 Å². The molecule has 0 aromatic carbocycles. The molecule has 1 N–H and O–H groups in total. The third-order valence-electron chi connectivity index (χ3n) is 4.42. The van der Waals surface area contributed by atoms with Crippen molar-refractivity contribution in [2.75, 3.05) is 26.2 Å². The van der Waals surface area contributed by atoms with Crippen LogP contribution in [0.1, 0.15) is 34.1 Å². The topological polar surface area (TPSA) is 15.3 Å². The van der Waals surface area contributed by atoms with Gasteiger partial charge >= 0.3 is 0 Å². The van der Waals surface area contributed by atoms with Crippen LogP contribution in [-0.4, -0.2) is 37.1 Å². The van der Waals surface area contributed by atoms with Crippen LogP contribution in [0.5, 0.6) is 0 Å². The van der Waals surface area contributed by atoms with Gasteiger partial charge in [0.05, 0.1) is 0 Å². The fraction of sp³-hybridized carbons (Fsp3) is 1.00. The van der Waals surface area contributed by atoms with Crippen LogP contribution < -0.4 is 5.32 Å². The van der Waals surface area contributed by atoms with Crippen molar-refractivity contribution in [3.8, 4) is 0 Å². The first-order valence-corrected chi connectivity index (χ1v) is 7.02. The van der Waals surface area contributed by atoms with Crippen LogP contribution in [0.2, 0.25) is 0 Å². The minimum atomic E-state index is 0.807. The molecule has 16 heavy (non-hydrogen) atoms. The van der Waals surface area contributed by atoms with Crippen molar-refractivity contribution in [3.05, 3.63) is 0 Å². The van der Waals surface area contributed by atoms with Gasteiger partial charge in [0.15, 0.2) is 0 Å². The van der Waals surface area contributed by atoms with E-state index in [-0.39, 0.29) is 0 Å². The summed E-state index contributed by atoms with van der Waals surface area (Å²) in [6, 6.07) is 0.812. The number of nitrogens with zero attached hydrogens (tertiary/aromatic N) is 1. The maximum absolute atomic E-state index is 3.55. The first kappa shape index (κ1) is 12.4. The number of rotatable bonds is 1. The van der Waals surface area contributed by atoms with E-state index in [1.54, 1.807) is 0 Å². The number of piperidine rings is 2. The SMILES string of the molecule is CC1CC(C)CN(C2C(C)CNCC2C)C1. The van der Waals surface area contributed by atoms with E-state index in [0.717, 1.165) is 29.7 Å². The summed E-state index contributed by atoms with van der Waals surface area (Å²) < 4.78 is 0. The lowest BCUT2D eigenvalue weighted by Gasteiger charge is -2.47. The van der Waals surface area contributed by atoms with Crippen molar-refractivity contribution in [1.82, 2.24) is 10.2 Å². The van der Waals surface area contributed by atoms with E-state index in [0.29, 0.717) is 0 Å². The summed E-state index contributed by atoms with van der Waals surface area (Å²) >= 11 is 0. The summed E-state index contributed by atoms with van der Waals surface area (Å²) in [4.78, 5) is 2.79. The number of likely N-dealkylation sites (tertiary alicyclic amines) is 1. The van der Waals surface area contributed by atoms with Crippen LogP contribution in [0.3, 0.4) is 0 Å². The molecule has 0 saturated carbocycles. The van der Waals surface area contributed by atoms with Gasteiger partial charge in [-0.3, -0.25) is 4.90 Å². The average Bonchev–Trinajstić information content (AvgIpc) is 2.15. The molecule has 2 heteroatoms. The smallest absolute Gasteiger partial charge is 0.0171 e. The maximum Gasteiger partial charge on any atom is 0.0171 e. The quantitative estimate of drug-likeness (QED) is 0.734. The minimum Gasteiger partial charge on any atom is -0.316 e. The normalized spacial score (nSPS) is 46.9. The largest absolute Gasteiger partial charge is 0.316 e. The average molecular weight is 224 g/mol.